The van der Waals surface area contributed by atoms with Crippen LogP contribution in [0.15, 0.2) is 18.2 Å². The van der Waals surface area contributed by atoms with E-state index in [1.54, 1.807) is 5.92 Å². The first-order valence-electron chi connectivity index (χ1n) is 4.29. The number of nitro benzene ring substituents is 1. The van der Waals surface area contributed by atoms with Crippen LogP contribution in [-0.4, -0.2) is 21.1 Å². The molecular formula is C10H6ClNO5. The van der Waals surface area contributed by atoms with Gasteiger partial charge in [0, 0.05) is 12.0 Å². The third kappa shape index (κ3) is 3.17. The molecule has 6 nitrogen and oxygen atoms in total. The lowest BCUT2D eigenvalue weighted by molar-refractivity contribution is -0.386. The van der Waals surface area contributed by atoms with Gasteiger partial charge in [0.1, 0.15) is 6.10 Å². The second kappa shape index (κ2) is 5.30. The van der Waals surface area contributed by atoms with Gasteiger partial charge < -0.3 is 10.2 Å². The van der Waals surface area contributed by atoms with Crippen molar-refractivity contribution in [3.63, 3.8) is 0 Å². The van der Waals surface area contributed by atoms with Crippen LogP contribution < -0.4 is 0 Å². The fraction of sp³-hybridized carbons (Fsp3) is 0.100. The molecule has 0 amide bonds. The molecule has 0 bridgehead atoms. The van der Waals surface area contributed by atoms with Crippen molar-refractivity contribution < 1.29 is 19.9 Å². The second-order valence-corrected chi connectivity index (χ2v) is 3.31. The van der Waals surface area contributed by atoms with Crippen LogP contribution in [0, 0.1) is 22.0 Å². The van der Waals surface area contributed by atoms with E-state index in [4.69, 9.17) is 16.7 Å². The first-order valence-corrected chi connectivity index (χ1v) is 4.66. The van der Waals surface area contributed by atoms with Crippen molar-refractivity contribution in [2.75, 3.05) is 0 Å². The normalized spacial score (nSPS) is 11.2. The van der Waals surface area contributed by atoms with Gasteiger partial charge in [-0.2, -0.15) is 0 Å². The Hall–Kier alpha value is -2.10. The zero-order valence-electron chi connectivity index (χ0n) is 8.25. The van der Waals surface area contributed by atoms with E-state index in [9.17, 15) is 20.0 Å². The topological polar surface area (TPSA) is 101 Å². The lowest BCUT2D eigenvalue weighted by atomic mass is 10.1. The molecule has 1 rings (SSSR count). The zero-order chi connectivity index (χ0) is 13.0. The molecule has 0 aliphatic heterocycles. The number of aliphatic hydroxyl groups excluding tert-OH is 1. The molecule has 1 atom stereocenters. The Morgan fingerprint density at radius 1 is 1.53 bits per heavy atom. The number of rotatable bonds is 2. The van der Waals surface area contributed by atoms with Crippen molar-refractivity contribution in [1.82, 2.24) is 0 Å². The van der Waals surface area contributed by atoms with Crippen molar-refractivity contribution in [3.8, 4) is 11.8 Å². The number of carboxylic acids is 1. The molecule has 0 fully saturated rings. The average Bonchev–Trinajstić information content (AvgIpc) is 2.25. The predicted molar refractivity (Wildman–Crippen MR) is 58.5 cm³/mol. The van der Waals surface area contributed by atoms with E-state index in [0.29, 0.717) is 0 Å². The zero-order valence-corrected chi connectivity index (χ0v) is 9.01. The van der Waals surface area contributed by atoms with Gasteiger partial charge >= 0.3 is 5.97 Å². The summed E-state index contributed by atoms with van der Waals surface area (Å²) in [7, 11) is 0. The largest absolute Gasteiger partial charge is 0.472 e. The number of hydrogen-bond donors (Lipinski definition) is 2. The summed E-state index contributed by atoms with van der Waals surface area (Å²) in [4.78, 5) is 20.1. The van der Waals surface area contributed by atoms with Gasteiger partial charge in [0.25, 0.3) is 5.69 Å². The van der Waals surface area contributed by atoms with Gasteiger partial charge in [-0.1, -0.05) is 23.6 Å². The van der Waals surface area contributed by atoms with Crippen LogP contribution in [-0.2, 0) is 4.79 Å². The van der Waals surface area contributed by atoms with Gasteiger partial charge in [-0.15, -0.1) is 0 Å². The second-order valence-electron chi connectivity index (χ2n) is 2.91. The van der Waals surface area contributed by atoms with Crippen LogP contribution in [0.5, 0.6) is 0 Å². The van der Waals surface area contributed by atoms with Crippen molar-refractivity contribution in [3.05, 3.63) is 38.9 Å². The molecule has 0 heterocycles. The maximum absolute atomic E-state index is 10.7. The Balaban J connectivity index is 3.26. The number of nitrogens with zero attached hydrogens (tertiary/aromatic N) is 1. The highest BCUT2D eigenvalue weighted by Gasteiger charge is 2.22. The molecular weight excluding hydrogens is 250 g/mol. The van der Waals surface area contributed by atoms with Crippen LogP contribution in [0.25, 0.3) is 0 Å². The van der Waals surface area contributed by atoms with Crippen molar-refractivity contribution >= 4 is 23.3 Å². The molecule has 1 unspecified atom stereocenters. The molecule has 0 aliphatic carbocycles. The number of halogens is 1. The van der Waals surface area contributed by atoms with Crippen molar-refractivity contribution in [2.45, 2.75) is 6.10 Å². The molecule has 0 spiro atoms. The number of carbonyl (C=O) groups is 1. The molecule has 1 aromatic rings. The van der Waals surface area contributed by atoms with Crippen LogP contribution in [0.3, 0.4) is 0 Å². The Bertz CT molecular complexity index is 531. The summed E-state index contributed by atoms with van der Waals surface area (Å²) in [6.45, 7) is 0. The van der Waals surface area contributed by atoms with Gasteiger partial charge in [0.2, 0.25) is 0 Å². The molecule has 0 saturated heterocycles. The molecule has 17 heavy (non-hydrogen) atoms. The van der Waals surface area contributed by atoms with Crippen LogP contribution >= 0.6 is 11.6 Å². The number of carboxylic acid groups (broad SMARTS) is 1. The van der Waals surface area contributed by atoms with E-state index in [1.165, 1.54) is 12.1 Å². The first-order chi connectivity index (χ1) is 7.93. The highest BCUT2D eigenvalue weighted by Crippen LogP contribution is 2.31. The van der Waals surface area contributed by atoms with E-state index in [-0.39, 0.29) is 10.6 Å². The monoisotopic (exact) mass is 255 g/mol. The summed E-state index contributed by atoms with van der Waals surface area (Å²) >= 11 is 5.70. The Morgan fingerprint density at radius 2 is 2.18 bits per heavy atom. The van der Waals surface area contributed by atoms with Crippen LogP contribution in [0.1, 0.15) is 11.7 Å². The quantitative estimate of drug-likeness (QED) is 0.472. The lowest BCUT2D eigenvalue weighted by Gasteiger charge is -2.06. The maximum atomic E-state index is 10.7. The first kappa shape index (κ1) is 13.0. The number of aliphatic hydroxyl groups is 1. The fourth-order valence-electron chi connectivity index (χ4n) is 1.16. The minimum atomic E-state index is -1.62. The summed E-state index contributed by atoms with van der Waals surface area (Å²) in [5.41, 5.74) is -0.627. The highest BCUT2D eigenvalue weighted by molar-refractivity contribution is 6.31. The Morgan fingerprint density at radius 3 is 2.71 bits per heavy atom. The maximum Gasteiger partial charge on any atom is 0.382 e. The summed E-state index contributed by atoms with van der Waals surface area (Å²) < 4.78 is 0. The van der Waals surface area contributed by atoms with Crippen LogP contribution in [0.2, 0.25) is 5.02 Å². The lowest BCUT2D eigenvalue weighted by Crippen LogP contribution is -2.02. The molecule has 0 radical (unpaired) electrons. The third-order valence-electron chi connectivity index (χ3n) is 1.82. The minimum Gasteiger partial charge on any atom is -0.472 e. The molecule has 0 aliphatic rings. The predicted octanol–water partition coefficient (Wildman–Crippen LogP) is 1.37. The van der Waals surface area contributed by atoms with Crippen LogP contribution in [0.4, 0.5) is 5.69 Å². The van der Waals surface area contributed by atoms with Gasteiger partial charge in [0.05, 0.1) is 15.5 Å². The SMILES string of the molecule is O=C(O)C#CC(O)c1c(Cl)cccc1[N+](=O)[O-]. The number of hydrogen-bond acceptors (Lipinski definition) is 4. The molecule has 88 valence electrons. The summed E-state index contributed by atoms with van der Waals surface area (Å²) in [6, 6.07) is 3.84. The van der Waals surface area contributed by atoms with Gasteiger partial charge in [-0.3, -0.25) is 10.1 Å². The number of benzene rings is 1. The van der Waals surface area contributed by atoms with Crippen molar-refractivity contribution in [1.29, 1.82) is 0 Å². The molecule has 0 saturated carbocycles. The molecule has 7 heteroatoms. The summed E-state index contributed by atoms with van der Waals surface area (Å²) in [5, 5.41) is 28.5. The minimum absolute atomic E-state index is 0.0496. The fourth-order valence-corrected chi connectivity index (χ4v) is 1.43. The molecule has 0 aromatic heterocycles. The van der Waals surface area contributed by atoms with Crippen molar-refractivity contribution in [2.24, 2.45) is 0 Å². The standard InChI is InChI=1S/C10H6ClNO5/c11-6-2-1-3-7(12(16)17)10(6)8(13)4-5-9(14)15/h1-3,8,13H,(H,14,15). The van der Waals surface area contributed by atoms with E-state index in [0.717, 1.165) is 6.07 Å². The Labute approximate surface area is 101 Å². The molecule has 2 N–H and O–H groups in total. The van der Waals surface area contributed by atoms with Gasteiger partial charge in [-0.25, -0.2) is 4.79 Å². The summed E-state index contributed by atoms with van der Waals surface area (Å²) in [5.74, 6) is 2.18. The Kier molecular flexibility index (Phi) is 4.04. The smallest absolute Gasteiger partial charge is 0.382 e. The number of aliphatic carboxylic acids is 1. The third-order valence-corrected chi connectivity index (χ3v) is 2.15. The van der Waals surface area contributed by atoms with E-state index in [1.807, 2.05) is 5.92 Å². The average molecular weight is 256 g/mol. The summed E-state index contributed by atoms with van der Waals surface area (Å²) in [6.07, 6.45) is -1.62. The number of nitro groups is 1. The molecule has 1 aromatic carbocycles. The van der Waals surface area contributed by atoms with E-state index in [2.05, 4.69) is 0 Å². The van der Waals surface area contributed by atoms with Gasteiger partial charge in [0.15, 0.2) is 0 Å². The highest BCUT2D eigenvalue weighted by atomic mass is 35.5. The van der Waals surface area contributed by atoms with E-state index < -0.39 is 22.7 Å². The van der Waals surface area contributed by atoms with E-state index >= 15 is 0 Å². The van der Waals surface area contributed by atoms with Gasteiger partial charge in [-0.05, 0) is 6.07 Å².